The molecule has 2 nitrogen and oxygen atoms in total. The molecule has 5 aromatic carbocycles. The largest absolute Gasteiger partial charge is 0.223 e. The summed E-state index contributed by atoms with van der Waals surface area (Å²) < 4.78 is 26.9. The van der Waals surface area contributed by atoms with E-state index >= 15 is 0 Å². The minimum absolute atomic E-state index is 0.256. The summed E-state index contributed by atoms with van der Waals surface area (Å²) in [6, 6.07) is 40.0. The van der Waals surface area contributed by atoms with E-state index in [1.54, 1.807) is 0 Å². The van der Waals surface area contributed by atoms with Crippen molar-refractivity contribution in [3.05, 3.63) is 126 Å². The first-order valence-electron chi connectivity index (χ1n) is 14.3. The maximum absolute atomic E-state index is 13.5. The van der Waals surface area contributed by atoms with Crippen LogP contribution in [0.4, 0.5) is 0 Å². The zero-order chi connectivity index (χ0) is 27.1. The van der Waals surface area contributed by atoms with Gasteiger partial charge in [0.2, 0.25) is 0 Å². The number of hydrogen-bond acceptors (Lipinski definition) is 2. The third-order valence-electron chi connectivity index (χ3n) is 8.72. The van der Waals surface area contributed by atoms with Crippen LogP contribution in [0.15, 0.2) is 120 Å². The van der Waals surface area contributed by atoms with Crippen LogP contribution in [0.2, 0.25) is 0 Å². The van der Waals surface area contributed by atoms with Crippen molar-refractivity contribution in [2.45, 2.75) is 48.7 Å². The van der Waals surface area contributed by atoms with Gasteiger partial charge in [-0.3, -0.25) is 0 Å². The molecule has 0 aromatic heterocycles. The molecule has 0 atom stereocenters. The van der Waals surface area contributed by atoms with Crippen molar-refractivity contribution in [2.24, 2.45) is 0 Å². The van der Waals surface area contributed by atoms with Crippen molar-refractivity contribution in [3.8, 4) is 44.5 Å². The average Bonchev–Trinajstić information content (AvgIpc) is 3.40. The monoisotopic (exact) mass is 540 g/mol. The van der Waals surface area contributed by atoms with Gasteiger partial charge in [-0.05, 0) is 93.1 Å². The second-order valence-corrected chi connectivity index (χ2v) is 13.3. The Morgan fingerprint density at radius 1 is 0.525 bits per heavy atom. The van der Waals surface area contributed by atoms with Gasteiger partial charge in [-0.2, -0.15) is 0 Å². The molecule has 1 saturated carbocycles. The third kappa shape index (κ3) is 4.30. The highest BCUT2D eigenvalue weighted by molar-refractivity contribution is 7.92. The first-order valence-corrected chi connectivity index (χ1v) is 15.9. The molecule has 0 saturated heterocycles. The van der Waals surface area contributed by atoms with Crippen molar-refractivity contribution in [1.82, 2.24) is 0 Å². The van der Waals surface area contributed by atoms with E-state index in [9.17, 15) is 8.42 Å². The molecule has 2 aliphatic carbocycles. The van der Waals surface area contributed by atoms with Crippen LogP contribution < -0.4 is 0 Å². The summed E-state index contributed by atoms with van der Waals surface area (Å²) >= 11 is 0. The van der Waals surface area contributed by atoms with Gasteiger partial charge in [-0.15, -0.1) is 0 Å². The lowest BCUT2D eigenvalue weighted by Crippen LogP contribution is -2.24. The Bertz CT molecular complexity index is 1780. The first kappa shape index (κ1) is 25.0. The second-order valence-electron chi connectivity index (χ2n) is 11.1. The molecule has 198 valence electrons. The van der Waals surface area contributed by atoms with Crippen LogP contribution in [0.5, 0.6) is 0 Å². The summed E-state index contributed by atoms with van der Waals surface area (Å²) in [5.41, 5.74) is 12.2. The Morgan fingerprint density at radius 2 is 1.12 bits per heavy atom. The quantitative estimate of drug-likeness (QED) is 0.218. The summed E-state index contributed by atoms with van der Waals surface area (Å²) in [5.74, 6) is 0. The standard InChI is InChI=1S/C37H32O2S/c38-40(39,30-17-8-3-9-18-30)31-22-20-26(21-23-31)33-25-34-32-19-11-10-16-29(32)24-35(34)37(28-14-6-2-7-15-28)36(33)27-12-4-1-5-13-27/h1-2,4-7,10-16,19-23,25,30H,3,8-9,17-18,24H2. The SMILES string of the molecule is O=S(=O)(c1ccc(-c2cc3c(c(-c4ccccc4)c2-c2ccccc2)Cc2ccccc2-3)cc1)C1CCCCC1. The highest BCUT2D eigenvalue weighted by atomic mass is 32.2. The van der Waals surface area contributed by atoms with Gasteiger partial charge in [0.15, 0.2) is 9.84 Å². The number of hydrogen-bond donors (Lipinski definition) is 0. The Kier molecular flexibility index (Phi) is 6.40. The molecule has 7 rings (SSSR count). The molecule has 1 fully saturated rings. The van der Waals surface area contributed by atoms with E-state index in [1.165, 1.54) is 38.9 Å². The predicted molar refractivity (Wildman–Crippen MR) is 165 cm³/mol. The predicted octanol–water partition coefficient (Wildman–Crippen LogP) is 9.37. The van der Waals surface area contributed by atoms with Gasteiger partial charge in [0.1, 0.15) is 0 Å². The fourth-order valence-electron chi connectivity index (χ4n) is 6.72. The zero-order valence-electron chi connectivity index (χ0n) is 22.5. The Morgan fingerprint density at radius 3 is 1.80 bits per heavy atom. The van der Waals surface area contributed by atoms with Crippen molar-refractivity contribution in [3.63, 3.8) is 0 Å². The topological polar surface area (TPSA) is 34.1 Å². The fraction of sp³-hybridized carbons (Fsp3) is 0.189. The summed E-state index contributed by atoms with van der Waals surface area (Å²) in [6.07, 6.45) is 5.58. The molecular weight excluding hydrogens is 508 g/mol. The van der Waals surface area contributed by atoms with Crippen molar-refractivity contribution < 1.29 is 8.42 Å². The zero-order valence-corrected chi connectivity index (χ0v) is 23.3. The van der Waals surface area contributed by atoms with Gasteiger partial charge >= 0.3 is 0 Å². The van der Waals surface area contributed by atoms with E-state index in [2.05, 4.69) is 91.0 Å². The lowest BCUT2D eigenvalue weighted by molar-refractivity contribution is 0.483. The lowest BCUT2D eigenvalue weighted by Gasteiger charge is -2.23. The molecular formula is C37H32O2S. The van der Waals surface area contributed by atoms with E-state index in [0.29, 0.717) is 4.90 Å². The molecule has 0 spiro atoms. The van der Waals surface area contributed by atoms with E-state index < -0.39 is 9.84 Å². The summed E-state index contributed by atoms with van der Waals surface area (Å²) in [5, 5.41) is -0.256. The number of rotatable bonds is 5. The van der Waals surface area contributed by atoms with E-state index in [1.807, 2.05) is 24.3 Å². The molecule has 0 unspecified atom stereocenters. The normalized spacial score (nSPS) is 15.0. The van der Waals surface area contributed by atoms with Gasteiger partial charge in [-0.25, -0.2) is 8.42 Å². The molecule has 3 heteroatoms. The van der Waals surface area contributed by atoms with E-state index in [-0.39, 0.29) is 5.25 Å². The highest BCUT2D eigenvalue weighted by Gasteiger charge is 2.30. The molecule has 5 aromatic rings. The summed E-state index contributed by atoms with van der Waals surface area (Å²) in [4.78, 5) is 0.444. The van der Waals surface area contributed by atoms with Crippen LogP contribution in [0.25, 0.3) is 44.5 Å². The van der Waals surface area contributed by atoms with Gasteiger partial charge in [0.25, 0.3) is 0 Å². The van der Waals surface area contributed by atoms with Gasteiger partial charge in [-0.1, -0.05) is 116 Å². The minimum Gasteiger partial charge on any atom is -0.223 e. The van der Waals surface area contributed by atoms with E-state index in [0.717, 1.165) is 55.2 Å². The molecule has 0 aliphatic heterocycles. The number of benzene rings is 5. The maximum atomic E-state index is 13.5. The first-order chi connectivity index (χ1) is 19.6. The van der Waals surface area contributed by atoms with Crippen LogP contribution in [0.1, 0.15) is 43.2 Å². The van der Waals surface area contributed by atoms with Gasteiger partial charge in [0, 0.05) is 0 Å². The van der Waals surface area contributed by atoms with Crippen molar-refractivity contribution in [1.29, 1.82) is 0 Å². The number of sulfone groups is 1. The number of fused-ring (bicyclic) bond motifs is 3. The molecule has 0 amide bonds. The van der Waals surface area contributed by atoms with E-state index in [4.69, 9.17) is 0 Å². The Labute approximate surface area is 237 Å². The van der Waals surface area contributed by atoms with Gasteiger partial charge in [0.05, 0.1) is 10.1 Å². The van der Waals surface area contributed by atoms with Crippen LogP contribution in [-0.2, 0) is 16.3 Å². The molecule has 0 N–H and O–H groups in total. The van der Waals surface area contributed by atoms with Crippen molar-refractivity contribution >= 4 is 9.84 Å². The Balaban J connectivity index is 1.46. The third-order valence-corrected chi connectivity index (χ3v) is 11.0. The molecule has 0 bridgehead atoms. The molecule has 2 aliphatic rings. The second kappa shape index (κ2) is 10.2. The van der Waals surface area contributed by atoms with Crippen molar-refractivity contribution in [2.75, 3.05) is 0 Å². The average molecular weight is 541 g/mol. The lowest BCUT2D eigenvalue weighted by atomic mass is 9.82. The molecule has 40 heavy (non-hydrogen) atoms. The smallest absolute Gasteiger partial charge is 0.181 e. The fourth-order valence-corrected chi connectivity index (χ4v) is 8.58. The van der Waals surface area contributed by atoms with Crippen LogP contribution in [0.3, 0.4) is 0 Å². The van der Waals surface area contributed by atoms with Crippen LogP contribution >= 0.6 is 0 Å². The molecule has 0 radical (unpaired) electrons. The maximum Gasteiger partial charge on any atom is 0.181 e. The van der Waals surface area contributed by atoms with Crippen LogP contribution in [-0.4, -0.2) is 13.7 Å². The minimum atomic E-state index is -3.32. The highest BCUT2D eigenvalue weighted by Crippen LogP contribution is 2.50. The molecule has 0 heterocycles. The Hall–Kier alpha value is -3.95. The van der Waals surface area contributed by atoms with Crippen LogP contribution in [0, 0.1) is 0 Å². The summed E-state index contributed by atoms with van der Waals surface area (Å²) in [6.45, 7) is 0. The van der Waals surface area contributed by atoms with Gasteiger partial charge < -0.3 is 0 Å². The summed E-state index contributed by atoms with van der Waals surface area (Å²) in [7, 11) is -3.32.